The lowest BCUT2D eigenvalue weighted by molar-refractivity contribution is 0.0972. The van der Waals surface area contributed by atoms with Gasteiger partial charge in [0.25, 0.3) is 5.91 Å². The normalized spacial score (nSPS) is 18.0. The molecule has 0 bridgehead atoms. The van der Waals surface area contributed by atoms with Crippen molar-refractivity contribution in [2.24, 2.45) is 16.5 Å². The first-order valence-electron chi connectivity index (χ1n) is 11.7. The molecule has 0 radical (unpaired) electrons. The Morgan fingerprint density at radius 2 is 1.66 bits per heavy atom. The van der Waals surface area contributed by atoms with Gasteiger partial charge in [-0.1, -0.05) is 51.9 Å². The maximum Gasteiger partial charge on any atom is 0.280 e. The monoisotopic (exact) mass is 448 g/mol. The molecular formula is C21H40N10O. The van der Waals surface area contributed by atoms with Crippen molar-refractivity contribution in [2.45, 2.75) is 83.5 Å². The number of guanidine groups is 1. The van der Waals surface area contributed by atoms with Crippen molar-refractivity contribution in [3.8, 4) is 0 Å². The van der Waals surface area contributed by atoms with Crippen LogP contribution < -0.4 is 38.9 Å². The number of aliphatic imine (C=N–C) groups is 1. The molecule has 0 aliphatic carbocycles. The fraction of sp³-hybridized carbons (Fsp3) is 0.714. The van der Waals surface area contributed by atoms with Crippen molar-refractivity contribution in [3.05, 3.63) is 11.4 Å². The van der Waals surface area contributed by atoms with Gasteiger partial charge in [-0.15, -0.1) is 0 Å². The summed E-state index contributed by atoms with van der Waals surface area (Å²) < 4.78 is 0. The predicted molar refractivity (Wildman–Crippen MR) is 129 cm³/mol. The molecule has 180 valence electrons. The number of carbonyl (C=O) groups excluding carboxylic acids is 1. The van der Waals surface area contributed by atoms with E-state index in [9.17, 15) is 4.79 Å². The van der Waals surface area contributed by atoms with Crippen LogP contribution in [0.5, 0.6) is 0 Å². The molecule has 2 atom stereocenters. The van der Waals surface area contributed by atoms with Gasteiger partial charge in [0.05, 0.1) is 18.0 Å². The van der Waals surface area contributed by atoms with Crippen LogP contribution in [0.4, 0.5) is 11.6 Å². The number of anilines is 2. The molecule has 11 N–H and O–H groups in total. The number of aromatic nitrogens is 2. The number of carbonyl (C=O) groups is 1. The molecule has 1 fully saturated rings. The highest BCUT2D eigenvalue weighted by atomic mass is 16.2. The number of rotatable bonds is 15. The second-order valence-electron chi connectivity index (χ2n) is 8.21. The zero-order valence-corrected chi connectivity index (χ0v) is 19.2. The molecule has 2 rings (SSSR count). The summed E-state index contributed by atoms with van der Waals surface area (Å²) in [6, 6.07) is 0. The molecule has 11 heteroatoms. The number of hydrogen-bond acceptors (Lipinski definition) is 9. The highest BCUT2D eigenvalue weighted by Gasteiger charge is 2.30. The molecule has 0 aromatic carbocycles. The largest absolute Gasteiger partial charge is 0.382 e. The molecule has 1 saturated heterocycles. The van der Waals surface area contributed by atoms with Crippen LogP contribution in [-0.2, 0) is 6.42 Å². The van der Waals surface area contributed by atoms with E-state index < -0.39 is 5.91 Å². The van der Waals surface area contributed by atoms with E-state index in [-0.39, 0.29) is 29.5 Å². The highest BCUT2D eigenvalue weighted by molar-refractivity contribution is 6.06. The number of hydrogen-bond donors (Lipinski definition) is 7. The number of nitrogen functional groups attached to an aromatic ring is 2. The summed E-state index contributed by atoms with van der Waals surface area (Å²) in [6.45, 7) is 3.59. The van der Waals surface area contributed by atoms with Gasteiger partial charge in [0.2, 0.25) is 0 Å². The molecule has 1 amide bonds. The van der Waals surface area contributed by atoms with Crippen LogP contribution in [0.15, 0.2) is 4.99 Å². The summed E-state index contributed by atoms with van der Waals surface area (Å²) in [5.74, 6) is -0.245. The van der Waals surface area contributed by atoms with E-state index in [1.807, 2.05) is 6.92 Å². The Kier molecular flexibility index (Phi) is 11.1. The lowest BCUT2D eigenvalue weighted by Crippen LogP contribution is -2.38. The molecule has 1 aliphatic heterocycles. The molecular weight excluding hydrogens is 408 g/mol. The number of nitrogens with two attached hydrogens (primary N) is 4. The topological polar surface area (TPSA) is 205 Å². The summed E-state index contributed by atoms with van der Waals surface area (Å²) >= 11 is 0. The zero-order chi connectivity index (χ0) is 23.3. The second kappa shape index (κ2) is 13.8. The number of amides is 1. The van der Waals surface area contributed by atoms with Crippen LogP contribution in [0.25, 0.3) is 0 Å². The van der Waals surface area contributed by atoms with Crippen molar-refractivity contribution in [2.75, 3.05) is 24.6 Å². The van der Waals surface area contributed by atoms with Crippen LogP contribution in [-0.4, -0.2) is 47.3 Å². The molecule has 1 aliphatic rings. The minimum Gasteiger partial charge on any atom is -0.382 e. The first kappa shape index (κ1) is 25.8. The summed E-state index contributed by atoms with van der Waals surface area (Å²) in [5.41, 5.74) is 23.7. The fourth-order valence-electron chi connectivity index (χ4n) is 3.39. The molecule has 32 heavy (non-hydrogen) atoms. The summed E-state index contributed by atoms with van der Waals surface area (Å²) in [6.07, 6.45) is 11.3. The summed E-state index contributed by atoms with van der Waals surface area (Å²) in [5, 5.41) is 9.01. The van der Waals surface area contributed by atoms with Gasteiger partial charge in [0.15, 0.2) is 17.5 Å². The van der Waals surface area contributed by atoms with E-state index in [1.54, 1.807) is 0 Å². The Balaban J connectivity index is 1.53. The predicted octanol–water partition coefficient (Wildman–Crippen LogP) is 0.563. The van der Waals surface area contributed by atoms with Gasteiger partial charge < -0.3 is 22.9 Å². The van der Waals surface area contributed by atoms with E-state index >= 15 is 0 Å². The van der Waals surface area contributed by atoms with E-state index in [0.29, 0.717) is 24.8 Å². The number of nitrogens with one attached hydrogen (secondary N) is 3. The molecule has 2 unspecified atom stereocenters. The lowest BCUT2D eigenvalue weighted by atomic mass is 10.1. The van der Waals surface area contributed by atoms with Crippen molar-refractivity contribution in [1.82, 2.24) is 25.9 Å². The standard InChI is InChI=1S/C21H40N10O/c1-2-11-14-16(22)29-17(23)15(28-14)20(32)31-21(25)27-13-10-8-6-4-3-5-7-9-12-26-19-18(24)30-19/h18-19,26,30H,2-13,24H2,1H3,(H4,22,23,29)(H3,25,27,31,32). The van der Waals surface area contributed by atoms with Crippen molar-refractivity contribution in [3.63, 3.8) is 0 Å². The number of aryl methyl sites for hydroxylation is 1. The van der Waals surface area contributed by atoms with Crippen molar-refractivity contribution in [1.29, 1.82) is 0 Å². The quantitative estimate of drug-likeness (QED) is 0.0864. The van der Waals surface area contributed by atoms with E-state index in [2.05, 4.69) is 30.9 Å². The minimum absolute atomic E-state index is 0.0179. The van der Waals surface area contributed by atoms with Crippen LogP contribution in [0.1, 0.15) is 80.9 Å². The molecule has 0 spiro atoms. The Hall–Kier alpha value is -2.50. The summed E-state index contributed by atoms with van der Waals surface area (Å²) in [7, 11) is 0. The van der Waals surface area contributed by atoms with Gasteiger partial charge in [0, 0.05) is 6.54 Å². The Morgan fingerprint density at radius 1 is 1.03 bits per heavy atom. The maximum atomic E-state index is 12.4. The molecule has 1 aromatic heterocycles. The third-order valence-corrected chi connectivity index (χ3v) is 5.32. The molecule has 1 aromatic rings. The van der Waals surface area contributed by atoms with Gasteiger partial charge in [-0.2, -0.15) is 0 Å². The minimum atomic E-state index is -0.528. The van der Waals surface area contributed by atoms with E-state index in [0.717, 1.165) is 25.8 Å². The Labute approximate surface area is 190 Å². The smallest absolute Gasteiger partial charge is 0.280 e. The van der Waals surface area contributed by atoms with Crippen LogP contribution in [0, 0.1) is 0 Å². The second-order valence-corrected chi connectivity index (χ2v) is 8.21. The average molecular weight is 449 g/mol. The Morgan fingerprint density at radius 3 is 2.28 bits per heavy atom. The number of nitrogens with zero attached hydrogens (tertiary/aromatic N) is 3. The maximum absolute atomic E-state index is 12.4. The third-order valence-electron chi connectivity index (χ3n) is 5.32. The third kappa shape index (κ3) is 9.33. The average Bonchev–Trinajstić information content (AvgIpc) is 3.45. The fourth-order valence-corrected chi connectivity index (χ4v) is 3.39. The Bertz CT molecular complexity index is 754. The first-order valence-corrected chi connectivity index (χ1v) is 11.7. The van der Waals surface area contributed by atoms with Gasteiger partial charge >= 0.3 is 0 Å². The van der Waals surface area contributed by atoms with Crippen LogP contribution >= 0.6 is 0 Å². The number of unbranched alkanes of at least 4 members (excludes halogenated alkanes) is 7. The van der Waals surface area contributed by atoms with Crippen LogP contribution in [0.3, 0.4) is 0 Å². The van der Waals surface area contributed by atoms with Gasteiger partial charge in [-0.25, -0.2) is 9.97 Å². The van der Waals surface area contributed by atoms with E-state index in [4.69, 9.17) is 22.9 Å². The first-order chi connectivity index (χ1) is 15.4. The van der Waals surface area contributed by atoms with Crippen LogP contribution in [0.2, 0.25) is 0 Å². The lowest BCUT2D eigenvalue weighted by Gasteiger charge is -2.09. The molecule has 11 nitrogen and oxygen atoms in total. The molecule has 0 saturated carbocycles. The van der Waals surface area contributed by atoms with Crippen molar-refractivity contribution < 1.29 is 4.79 Å². The van der Waals surface area contributed by atoms with Gasteiger partial charge in [-0.3, -0.25) is 25.7 Å². The highest BCUT2D eigenvalue weighted by Crippen LogP contribution is 2.14. The summed E-state index contributed by atoms with van der Waals surface area (Å²) in [4.78, 5) is 24.9. The SMILES string of the molecule is CCCc1nc(C(=O)NC(N)=NCCCCCCCCCCNC2NC2N)c(N)nc1N. The van der Waals surface area contributed by atoms with Crippen molar-refractivity contribution >= 4 is 23.5 Å². The van der Waals surface area contributed by atoms with Gasteiger partial charge in [-0.05, 0) is 25.8 Å². The molecule has 2 heterocycles. The van der Waals surface area contributed by atoms with Gasteiger partial charge in [0.1, 0.15) is 5.82 Å². The zero-order valence-electron chi connectivity index (χ0n) is 19.2. The van der Waals surface area contributed by atoms with E-state index in [1.165, 1.54) is 38.5 Å².